The Labute approximate surface area is 164 Å². The molecule has 1 heterocycles. The van der Waals surface area contributed by atoms with Gasteiger partial charge in [-0.25, -0.2) is 4.68 Å². The first kappa shape index (κ1) is 17.9. The number of aryl methyl sites for hydroxylation is 2. The zero-order valence-corrected chi connectivity index (χ0v) is 16.2. The van der Waals surface area contributed by atoms with Crippen molar-refractivity contribution in [3.63, 3.8) is 0 Å². The Morgan fingerprint density at radius 2 is 2.00 bits per heavy atom. The van der Waals surface area contributed by atoms with Gasteiger partial charge in [0.15, 0.2) is 0 Å². The van der Waals surface area contributed by atoms with Crippen molar-refractivity contribution in [2.75, 3.05) is 5.32 Å². The smallest absolute Gasteiger partial charge is 0.237 e. The maximum Gasteiger partial charge on any atom is 0.237 e. The van der Waals surface area contributed by atoms with E-state index in [1.165, 1.54) is 17.5 Å². The standard InChI is InChI=1S/C22H23N3OS/c1-16(22(26)24-20-11-10-18-6-5-7-19(18)12-20)27-15-17-13-23-25(14-17)21-8-3-2-4-9-21/h2-4,8-14,16H,5-7,15H2,1H3,(H,24,26)/t16-/m1/s1. The van der Waals surface area contributed by atoms with Gasteiger partial charge in [-0.1, -0.05) is 24.3 Å². The fourth-order valence-corrected chi connectivity index (χ4v) is 4.15. The van der Waals surface area contributed by atoms with E-state index in [9.17, 15) is 4.79 Å². The van der Waals surface area contributed by atoms with Crippen molar-refractivity contribution in [3.05, 3.63) is 77.6 Å². The van der Waals surface area contributed by atoms with Crippen molar-refractivity contribution in [1.29, 1.82) is 0 Å². The highest BCUT2D eigenvalue weighted by molar-refractivity contribution is 7.99. The summed E-state index contributed by atoms with van der Waals surface area (Å²) in [5.41, 5.74) is 5.86. The minimum atomic E-state index is -0.127. The van der Waals surface area contributed by atoms with Gasteiger partial charge in [0.05, 0.1) is 17.1 Å². The molecular weight excluding hydrogens is 354 g/mol. The molecule has 4 nitrogen and oxygen atoms in total. The van der Waals surface area contributed by atoms with Gasteiger partial charge in [-0.3, -0.25) is 4.79 Å². The van der Waals surface area contributed by atoms with Crippen LogP contribution in [-0.4, -0.2) is 20.9 Å². The van der Waals surface area contributed by atoms with Crippen LogP contribution in [0.2, 0.25) is 0 Å². The number of carbonyl (C=O) groups excluding carboxylic acids is 1. The van der Waals surface area contributed by atoms with Gasteiger partial charge < -0.3 is 5.32 Å². The molecule has 0 aliphatic heterocycles. The van der Waals surface area contributed by atoms with Crippen molar-refractivity contribution >= 4 is 23.4 Å². The number of para-hydroxylation sites is 1. The molecule has 1 aliphatic rings. The SMILES string of the molecule is C[C@@H](SCc1cnn(-c2ccccc2)c1)C(=O)Nc1ccc2c(c1)CCC2. The number of thioether (sulfide) groups is 1. The first-order valence-corrected chi connectivity index (χ1v) is 10.4. The summed E-state index contributed by atoms with van der Waals surface area (Å²) in [6.07, 6.45) is 7.38. The number of nitrogens with one attached hydrogen (secondary N) is 1. The first-order valence-electron chi connectivity index (χ1n) is 9.32. The molecule has 5 heteroatoms. The number of benzene rings is 2. The van der Waals surface area contributed by atoms with Gasteiger partial charge in [0.1, 0.15) is 0 Å². The molecule has 0 saturated carbocycles. The number of rotatable bonds is 6. The third kappa shape index (κ3) is 4.25. The van der Waals surface area contributed by atoms with E-state index in [1.807, 2.05) is 60.4 Å². The zero-order chi connectivity index (χ0) is 18.6. The molecule has 0 unspecified atom stereocenters. The van der Waals surface area contributed by atoms with Crippen LogP contribution >= 0.6 is 11.8 Å². The van der Waals surface area contributed by atoms with E-state index in [0.29, 0.717) is 0 Å². The average molecular weight is 378 g/mol. The Kier molecular flexibility index (Phi) is 5.30. The van der Waals surface area contributed by atoms with Gasteiger partial charge in [0.25, 0.3) is 0 Å². The number of carbonyl (C=O) groups is 1. The molecule has 138 valence electrons. The van der Waals surface area contributed by atoms with E-state index in [1.54, 1.807) is 11.8 Å². The lowest BCUT2D eigenvalue weighted by Crippen LogP contribution is -2.22. The van der Waals surface area contributed by atoms with Crippen molar-refractivity contribution in [2.45, 2.75) is 37.2 Å². The number of fused-ring (bicyclic) bond motifs is 1. The molecule has 0 bridgehead atoms. The Morgan fingerprint density at radius 3 is 2.85 bits per heavy atom. The lowest BCUT2D eigenvalue weighted by molar-refractivity contribution is -0.115. The summed E-state index contributed by atoms with van der Waals surface area (Å²) in [6, 6.07) is 16.3. The molecule has 1 aromatic heterocycles. The van der Waals surface area contributed by atoms with Crippen LogP contribution < -0.4 is 5.32 Å². The summed E-state index contributed by atoms with van der Waals surface area (Å²) in [5, 5.41) is 7.34. The first-order chi connectivity index (χ1) is 13.2. The molecule has 4 rings (SSSR count). The molecule has 1 N–H and O–H groups in total. The second-order valence-corrected chi connectivity index (χ2v) is 8.24. The van der Waals surface area contributed by atoms with Crippen molar-refractivity contribution in [2.24, 2.45) is 0 Å². The van der Waals surface area contributed by atoms with E-state index in [-0.39, 0.29) is 11.2 Å². The molecule has 0 saturated heterocycles. The molecule has 0 fully saturated rings. The largest absolute Gasteiger partial charge is 0.325 e. The molecule has 0 spiro atoms. The van der Waals surface area contributed by atoms with Crippen LogP contribution in [0.25, 0.3) is 5.69 Å². The topological polar surface area (TPSA) is 46.9 Å². The fraction of sp³-hybridized carbons (Fsp3) is 0.273. The van der Waals surface area contributed by atoms with E-state index in [2.05, 4.69) is 22.5 Å². The predicted molar refractivity (Wildman–Crippen MR) is 111 cm³/mol. The van der Waals surface area contributed by atoms with Crippen LogP contribution in [0, 0.1) is 0 Å². The lowest BCUT2D eigenvalue weighted by atomic mass is 10.1. The van der Waals surface area contributed by atoms with E-state index in [0.717, 1.165) is 35.5 Å². The normalized spacial score (nSPS) is 14.0. The van der Waals surface area contributed by atoms with Gasteiger partial charge in [0, 0.05) is 23.2 Å². The van der Waals surface area contributed by atoms with Crippen LogP contribution in [-0.2, 0) is 23.4 Å². The predicted octanol–water partition coefficient (Wildman–Crippen LogP) is 4.62. The zero-order valence-electron chi connectivity index (χ0n) is 15.4. The van der Waals surface area contributed by atoms with E-state index < -0.39 is 0 Å². The minimum absolute atomic E-state index is 0.0494. The fourth-order valence-electron chi connectivity index (χ4n) is 3.35. The maximum atomic E-state index is 12.5. The van der Waals surface area contributed by atoms with Crippen molar-refractivity contribution < 1.29 is 4.79 Å². The Balaban J connectivity index is 1.32. The summed E-state index contributed by atoms with van der Waals surface area (Å²) < 4.78 is 1.87. The van der Waals surface area contributed by atoms with E-state index in [4.69, 9.17) is 0 Å². The monoisotopic (exact) mass is 377 g/mol. The van der Waals surface area contributed by atoms with Gasteiger partial charge in [-0.05, 0) is 61.6 Å². The number of anilines is 1. The maximum absolute atomic E-state index is 12.5. The molecular formula is C22H23N3OS. The minimum Gasteiger partial charge on any atom is -0.325 e. The van der Waals surface area contributed by atoms with E-state index >= 15 is 0 Å². The van der Waals surface area contributed by atoms with Crippen molar-refractivity contribution in [1.82, 2.24) is 9.78 Å². The summed E-state index contributed by atoms with van der Waals surface area (Å²) in [7, 11) is 0. The summed E-state index contributed by atoms with van der Waals surface area (Å²) >= 11 is 1.63. The van der Waals surface area contributed by atoms with Crippen molar-refractivity contribution in [3.8, 4) is 5.69 Å². The van der Waals surface area contributed by atoms with Gasteiger partial charge in [0.2, 0.25) is 5.91 Å². The third-order valence-corrected chi connectivity index (χ3v) is 6.11. The molecule has 1 aliphatic carbocycles. The number of nitrogens with zero attached hydrogens (tertiary/aromatic N) is 2. The summed E-state index contributed by atoms with van der Waals surface area (Å²) in [5.74, 6) is 0.805. The van der Waals surface area contributed by atoms with Crippen LogP contribution in [0.15, 0.2) is 60.9 Å². The molecule has 2 aromatic carbocycles. The second kappa shape index (κ2) is 8.01. The lowest BCUT2D eigenvalue weighted by Gasteiger charge is -2.12. The highest BCUT2D eigenvalue weighted by atomic mass is 32.2. The number of amides is 1. The molecule has 1 atom stereocenters. The molecule has 27 heavy (non-hydrogen) atoms. The van der Waals surface area contributed by atoms with Gasteiger partial charge in [-0.15, -0.1) is 11.8 Å². The molecule has 1 amide bonds. The molecule has 3 aromatic rings. The van der Waals surface area contributed by atoms with Crippen LogP contribution in [0.5, 0.6) is 0 Å². The summed E-state index contributed by atoms with van der Waals surface area (Å²) in [4.78, 5) is 12.5. The van der Waals surface area contributed by atoms with Crippen LogP contribution in [0.4, 0.5) is 5.69 Å². The Hall–Kier alpha value is -2.53. The summed E-state index contributed by atoms with van der Waals surface area (Å²) in [6.45, 7) is 1.95. The number of aromatic nitrogens is 2. The molecule has 0 radical (unpaired) electrons. The van der Waals surface area contributed by atoms with Crippen LogP contribution in [0.3, 0.4) is 0 Å². The average Bonchev–Trinajstić information content (AvgIpc) is 3.35. The van der Waals surface area contributed by atoms with Crippen LogP contribution in [0.1, 0.15) is 30.0 Å². The second-order valence-electron chi connectivity index (χ2n) is 6.91. The Bertz CT molecular complexity index is 936. The van der Waals surface area contributed by atoms with Gasteiger partial charge >= 0.3 is 0 Å². The third-order valence-electron chi connectivity index (χ3n) is 4.89. The number of hydrogen-bond donors (Lipinski definition) is 1. The number of hydrogen-bond acceptors (Lipinski definition) is 3. The highest BCUT2D eigenvalue weighted by Gasteiger charge is 2.16. The Morgan fingerprint density at radius 1 is 1.19 bits per heavy atom. The highest BCUT2D eigenvalue weighted by Crippen LogP contribution is 2.26. The quantitative estimate of drug-likeness (QED) is 0.682. The van der Waals surface area contributed by atoms with Gasteiger partial charge in [-0.2, -0.15) is 5.10 Å².